The molecule has 53 heavy (non-hydrogen) atoms. The van der Waals surface area contributed by atoms with Crippen LogP contribution in [0.4, 0.5) is 13.6 Å². The van der Waals surface area contributed by atoms with Gasteiger partial charge in [-0.1, -0.05) is 84.7 Å². The number of likely N-dealkylation sites (N-methyl/N-ethyl adjacent to an activating group) is 1. The molecule has 0 radical (unpaired) electrons. The summed E-state index contributed by atoms with van der Waals surface area (Å²) < 4.78 is 59.0. The molecule has 1 saturated carbocycles. The fourth-order valence-corrected chi connectivity index (χ4v) is 7.00. The Kier molecular flexibility index (Phi) is 15.6. The van der Waals surface area contributed by atoms with Crippen LogP contribution in [-0.2, 0) is 35.8 Å². The van der Waals surface area contributed by atoms with Crippen molar-refractivity contribution < 1.29 is 41.1 Å². The monoisotopic (exact) mass is 770 g/mol. The molecule has 2 fully saturated rings. The van der Waals surface area contributed by atoms with Gasteiger partial charge in [0.05, 0.1) is 25.0 Å². The molecule has 1 aromatic rings. The van der Waals surface area contributed by atoms with E-state index in [1.807, 2.05) is 51.1 Å². The van der Waals surface area contributed by atoms with Crippen LogP contribution < -0.4 is 21.3 Å². The minimum Gasteiger partial charge on any atom is -0.371 e. The van der Waals surface area contributed by atoms with Gasteiger partial charge in [0.15, 0.2) is 0 Å². The number of sulfonamides is 1. The van der Waals surface area contributed by atoms with Crippen LogP contribution in [0, 0.1) is 10.8 Å². The van der Waals surface area contributed by atoms with Gasteiger partial charge in [-0.05, 0) is 42.1 Å². The number of nitrogens with one attached hydrogen (secondary N) is 4. The number of rotatable bonds is 15. The number of ether oxygens (including phenoxy) is 1. The summed E-state index contributed by atoms with van der Waals surface area (Å²) in [5.74, 6) is -2.01. The van der Waals surface area contributed by atoms with Gasteiger partial charge in [-0.2, -0.15) is 0 Å². The lowest BCUT2D eigenvalue weighted by Crippen LogP contribution is -2.62. The van der Waals surface area contributed by atoms with Crippen molar-refractivity contribution in [3.8, 4) is 0 Å². The number of amides is 5. The zero-order chi connectivity index (χ0) is 39.7. The molecule has 1 aliphatic carbocycles. The Morgan fingerprint density at radius 1 is 0.925 bits per heavy atom. The van der Waals surface area contributed by atoms with Crippen LogP contribution in [0.3, 0.4) is 0 Å². The summed E-state index contributed by atoms with van der Waals surface area (Å²) in [6, 6.07) is 4.14. The third kappa shape index (κ3) is 13.5. The summed E-state index contributed by atoms with van der Waals surface area (Å²) in [5, 5.41) is 10.9. The molecule has 1 heterocycles. The lowest BCUT2D eigenvalue weighted by atomic mass is 9.85. The summed E-state index contributed by atoms with van der Waals surface area (Å²) in [5.41, 5.74) is -0.405. The maximum atomic E-state index is 14.1. The Morgan fingerprint density at radius 2 is 1.57 bits per heavy atom. The van der Waals surface area contributed by atoms with Crippen molar-refractivity contribution in [2.45, 2.75) is 136 Å². The Morgan fingerprint density at radius 3 is 2.15 bits per heavy atom. The minimum atomic E-state index is -3.53. The molecule has 0 bridgehead atoms. The molecular formula is C37H60F2N6O7S. The molecule has 1 aliphatic heterocycles. The van der Waals surface area contributed by atoms with E-state index in [1.165, 1.54) is 11.9 Å². The van der Waals surface area contributed by atoms with Crippen LogP contribution in [0.25, 0.3) is 0 Å². The second-order valence-electron chi connectivity index (χ2n) is 16.5. The zero-order valence-corrected chi connectivity index (χ0v) is 33.2. The molecule has 1 saturated heterocycles. The van der Waals surface area contributed by atoms with Gasteiger partial charge < -0.3 is 30.9 Å². The molecule has 16 heteroatoms. The molecule has 0 unspecified atom stereocenters. The van der Waals surface area contributed by atoms with Crippen LogP contribution in [-0.4, -0.2) is 111 Å². The first-order valence-corrected chi connectivity index (χ1v) is 20.3. The number of likely N-dealkylation sites (tertiary alicyclic amines) is 1. The number of carbonyl (C=O) groups is 4. The van der Waals surface area contributed by atoms with Crippen LogP contribution in [0.2, 0.25) is 0 Å². The Labute approximate surface area is 313 Å². The first-order valence-electron chi connectivity index (χ1n) is 18.4. The molecule has 13 nitrogen and oxygen atoms in total. The van der Waals surface area contributed by atoms with Crippen molar-refractivity contribution >= 4 is 33.8 Å². The van der Waals surface area contributed by atoms with Gasteiger partial charge in [-0.15, -0.1) is 0 Å². The van der Waals surface area contributed by atoms with Gasteiger partial charge >= 0.3 is 6.03 Å². The van der Waals surface area contributed by atoms with E-state index in [-0.39, 0.29) is 25.6 Å². The maximum absolute atomic E-state index is 14.1. The van der Waals surface area contributed by atoms with E-state index in [0.717, 1.165) is 29.0 Å². The third-order valence-corrected chi connectivity index (χ3v) is 11.2. The molecule has 5 amide bonds. The van der Waals surface area contributed by atoms with Gasteiger partial charge in [-0.3, -0.25) is 14.4 Å². The largest absolute Gasteiger partial charge is 0.371 e. The standard InChI is InChI=1S/C37H60F2N6O7S/c1-36(2,3)29(22-44(7)53(8,50)51)42-35(49)43-31(37(4,5)6)34(48)45-20-14-18-27(45)33(47)41-26(21-30(38)39)32(46)40-25-17-12-13-19-28(25)52-23-24-15-10-9-11-16-24/h9-11,15-16,25-31H,12-14,17-23H2,1-8H3,(H,40,46)(H,41,47)(H2,42,43,49)/t25-,26+,27+,28-,29-,31-/m1/s1. The number of urea groups is 1. The van der Waals surface area contributed by atoms with Gasteiger partial charge in [0.2, 0.25) is 34.2 Å². The second kappa shape index (κ2) is 18.8. The summed E-state index contributed by atoms with van der Waals surface area (Å²) in [6.07, 6.45) is 0.676. The van der Waals surface area contributed by atoms with Crippen molar-refractivity contribution in [2.24, 2.45) is 10.8 Å². The highest BCUT2D eigenvalue weighted by Crippen LogP contribution is 2.27. The number of alkyl halides is 2. The van der Waals surface area contributed by atoms with Gasteiger partial charge in [0.25, 0.3) is 0 Å². The molecule has 6 atom stereocenters. The predicted molar refractivity (Wildman–Crippen MR) is 198 cm³/mol. The average Bonchev–Trinajstić information content (AvgIpc) is 3.55. The summed E-state index contributed by atoms with van der Waals surface area (Å²) >= 11 is 0. The van der Waals surface area contributed by atoms with Gasteiger partial charge in [0.1, 0.15) is 18.1 Å². The molecule has 3 rings (SSSR count). The highest BCUT2D eigenvalue weighted by atomic mass is 32.2. The Bertz CT molecular complexity index is 1500. The minimum absolute atomic E-state index is 0.00622. The van der Waals surface area contributed by atoms with Crippen LogP contribution in [0.15, 0.2) is 30.3 Å². The van der Waals surface area contributed by atoms with Crippen LogP contribution in [0.5, 0.6) is 0 Å². The van der Waals surface area contributed by atoms with Crippen molar-refractivity contribution in [1.29, 1.82) is 0 Å². The maximum Gasteiger partial charge on any atom is 0.315 e. The molecule has 2 aliphatic rings. The molecule has 300 valence electrons. The number of benzene rings is 1. The Hall–Kier alpha value is -3.37. The number of halogens is 2. The first-order chi connectivity index (χ1) is 24.6. The van der Waals surface area contributed by atoms with Crippen molar-refractivity contribution in [3.63, 3.8) is 0 Å². The average molecular weight is 771 g/mol. The van der Waals surface area contributed by atoms with Crippen molar-refractivity contribution in [1.82, 2.24) is 30.5 Å². The first kappa shape index (κ1) is 44.0. The summed E-state index contributed by atoms with van der Waals surface area (Å²) in [7, 11) is -2.12. The molecule has 0 aromatic heterocycles. The highest BCUT2D eigenvalue weighted by molar-refractivity contribution is 7.88. The zero-order valence-electron chi connectivity index (χ0n) is 32.4. The fourth-order valence-electron chi connectivity index (χ4n) is 6.58. The number of hydrogen-bond acceptors (Lipinski definition) is 7. The smallest absolute Gasteiger partial charge is 0.315 e. The number of nitrogens with zero attached hydrogens (tertiary/aromatic N) is 2. The van der Waals surface area contributed by atoms with Gasteiger partial charge in [0, 0.05) is 32.6 Å². The highest BCUT2D eigenvalue weighted by Gasteiger charge is 2.43. The quantitative estimate of drug-likeness (QED) is 0.211. The van der Waals surface area contributed by atoms with Crippen molar-refractivity contribution in [2.75, 3.05) is 26.4 Å². The van der Waals surface area contributed by atoms with Crippen molar-refractivity contribution in [3.05, 3.63) is 35.9 Å². The lowest BCUT2D eigenvalue weighted by molar-refractivity contribution is -0.142. The topological polar surface area (TPSA) is 166 Å². The molecule has 1 aromatic carbocycles. The van der Waals surface area contributed by atoms with E-state index < -0.39 is 87.7 Å². The predicted octanol–water partition coefficient (Wildman–Crippen LogP) is 3.78. The third-order valence-electron chi connectivity index (χ3n) is 9.97. The lowest BCUT2D eigenvalue weighted by Gasteiger charge is -2.37. The van der Waals surface area contributed by atoms with Crippen LogP contribution >= 0.6 is 0 Å². The SMILES string of the molecule is CN(C[C@@H](NC(=O)N[C@H](C(=O)N1CCC[C@H]1C(=O)N[C@@H](CC(F)F)C(=O)N[C@@H]1CCCC[C@H]1OCc1ccccc1)C(C)(C)C)C(C)(C)C)S(C)(=O)=O. The molecular weight excluding hydrogens is 711 g/mol. The van der Waals surface area contributed by atoms with E-state index in [4.69, 9.17) is 4.74 Å². The van der Waals surface area contributed by atoms with E-state index in [1.54, 1.807) is 20.8 Å². The van der Waals surface area contributed by atoms with E-state index in [9.17, 15) is 36.4 Å². The normalized spacial score (nSPS) is 21.5. The second-order valence-corrected chi connectivity index (χ2v) is 18.6. The fraction of sp³-hybridized carbons (Fsp3) is 0.730. The van der Waals surface area contributed by atoms with E-state index in [0.29, 0.717) is 25.9 Å². The van der Waals surface area contributed by atoms with Crippen LogP contribution in [0.1, 0.15) is 92.1 Å². The molecule has 0 spiro atoms. The molecule has 4 N–H and O–H groups in total. The summed E-state index contributed by atoms with van der Waals surface area (Å²) in [6.45, 7) is 11.3. The number of carbonyl (C=O) groups excluding carboxylic acids is 4. The van der Waals surface area contributed by atoms with E-state index in [2.05, 4.69) is 21.3 Å². The van der Waals surface area contributed by atoms with E-state index >= 15 is 0 Å². The summed E-state index contributed by atoms with van der Waals surface area (Å²) in [4.78, 5) is 56.0. The number of hydrogen-bond donors (Lipinski definition) is 4. The van der Waals surface area contributed by atoms with Gasteiger partial charge in [-0.25, -0.2) is 26.3 Å². The Balaban J connectivity index is 1.71.